The Morgan fingerprint density at radius 2 is 2.16 bits per heavy atom. The number of hydrogen-bond donors (Lipinski definition) is 1. The van der Waals surface area contributed by atoms with Crippen molar-refractivity contribution >= 4 is 21.6 Å². The van der Waals surface area contributed by atoms with Gasteiger partial charge in [0.2, 0.25) is 17.6 Å². The standard InChI is InChI=1S/C20H25N5O5S/c1-20(2,3)15-11-16(25(23-15)13-8-10-31(27,28)12-13)21-17(26)6-7-18-22-19(24-30-18)14-5-4-9-29-14/h4-5,9,11,13H,6-8,10,12H2,1-3H3,(H,21,26)/t13-/m1/s1. The lowest BCUT2D eigenvalue weighted by Gasteiger charge is -2.15. The maximum Gasteiger partial charge on any atom is 0.238 e. The molecule has 4 rings (SSSR count). The van der Waals surface area contributed by atoms with Crippen LogP contribution in [-0.4, -0.2) is 45.8 Å². The molecule has 0 saturated carbocycles. The fourth-order valence-electron chi connectivity index (χ4n) is 3.39. The lowest BCUT2D eigenvalue weighted by atomic mass is 9.92. The molecule has 11 heteroatoms. The van der Waals surface area contributed by atoms with E-state index in [-0.39, 0.29) is 41.7 Å². The minimum Gasteiger partial charge on any atom is -0.461 e. The molecule has 0 bridgehead atoms. The van der Waals surface area contributed by atoms with E-state index in [1.54, 1.807) is 16.8 Å². The molecule has 1 fully saturated rings. The van der Waals surface area contributed by atoms with E-state index in [4.69, 9.17) is 8.94 Å². The fourth-order valence-corrected chi connectivity index (χ4v) is 5.08. The number of anilines is 1. The van der Waals surface area contributed by atoms with E-state index < -0.39 is 9.84 Å². The van der Waals surface area contributed by atoms with E-state index in [1.807, 2.05) is 26.8 Å². The molecule has 3 aromatic rings. The molecule has 0 aliphatic carbocycles. The Bertz CT molecular complexity index is 1170. The van der Waals surface area contributed by atoms with E-state index in [9.17, 15) is 13.2 Å². The summed E-state index contributed by atoms with van der Waals surface area (Å²) in [6, 6.07) is 4.97. The quantitative estimate of drug-likeness (QED) is 0.610. The molecule has 0 unspecified atom stereocenters. The Hall–Kier alpha value is -2.95. The van der Waals surface area contributed by atoms with Crippen molar-refractivity contribution in [2.24, 2.45) is 0 Å². The lowest BCUT2D eigenvalue weighted by molar-refractivity contribution is -0.116. The molecule has 1 atom stereocenters. The number of aryl methyl sites for hydroxylation is 1. The van der Waals surface area contributed by atoms with Crippen LogP contribution in [0.25, 0.3) is 11.6 Å². The van der Waals surface area contributed by atoms with Crippen LogP contribution in [0, 0.1) is 0 Å². The lowest BCUT2D eigenvalue weighted by Crippen LogP contribution is -2.20. The van der Waals surface area contributed by atoms with Crippen LogP contribution in [0.15, 0.2) is 33.4 Å². The summed E-state index contributed by atoms with van der Waals surface area (Å²) in [5.74, 6) is 1.55. The average Bonchev–Trinajstić information content (AvgIpc) is 3.45. The second kappa shape index (κ2) is 7.95. The van der Waals surface area contributed by atoms with E-state index in [0.29, 0.717) is 29.7 Å². The number of aromatic nitrogens is 4. The van der Waals surface area contributed by atoms with Crippen molar-refractivity contribution in [3.05, 3.63) is 36.0 Å². The second-order valence-electron chi connectivity index (χ2n) is 8.70. The SMILES string of the molecule is CC(C)(C)c1cc(NC(=O)CCc2nc(-c3ccco3)no2)n([C@@H]2CCS(=O)(=O)C2)n1. The van der Waals surface area contributed by atoms with Gasteiger partial charge in [0.05, 0.1) is 29.5 Å². The number of rotatable bonds is 6. The number of nitrogens with one attached hydrogen (secondary N) is 1. The molecule has 0 spiro atoms. The molecule has 0 radical (unpaired) electrons. The van der Waals surface area contributed by atoms with Crippen molar-refractivity contribution in [1.82, 2.24) is 19.9 Å². The maximum absolute atomic E-state index is 12.6. The van der Waals surface area contributed by atoms with Crippen molar-refractivity contribution in [2.75, 3.05) is 16.8 Å². The molecular formula is C20H25N5O5S. The van der Waals surface area contributed by atoms with Crippen LogP contribution < -0.4 is 5.32 Å². The van der Waals surface area contributed by atoms with Crippen LogP contribution in [0.2, 0.25) is 0 Å². The fraction of sp³-hybridized carbons (Fsp3) is 0.500. The Balaban J connectivity index is 1.45. The molecule has 1 N–H and O–H groups in total. The first-order valence-corrected chi connectivity index (χ1v) is 11.9. The van der Waals surface area contributed by atoms with Crippen LogP contribution in [-0.2, 0) is 26.5 Å². The molecule has 3 aromatic heterocycles. The van der Waals surface area contributed by atoms with Gasteiger partial charge >= 0.3 is 0 Å². The normalized spacial score (nSPS) is 18.4. The molecule has 31 heavy (non-hydrogen) atoms. The summed E-state index contributed by atoms with van der Waals surface area (Å²) in [5.41, 5.74) is 0.542. The highest BCUT2D eigenvalue weighted by Gasteiger charge is 2.33. The van der Waals surface area contributed by atoms with Gasteiger partial charge in [0.25, 0.3) is 0 Å². The number of carbonyl (C=O) groups is 1. The molecule has 166 valence electrons. The highest BCUT2D eigenvalue weighted by atomic mass is 32.2. The van der Waals surface area contributed by atoms with E-state index in [0.717, 1.165) is 5.69 Å². The highest BCUT2D eigenvalue weighted by molar-refractivity contribution is 7.91. The summed E-state index contributed by atoms with van der Waals surface area (Å²) in [7, 11) is -3.09. The third kappa shape index (κ3) is 4.87. The van der Waals surface area contributed by atoms with Crippen molar-refractivity contribution in [1.29, 1.82) is 0 Å². The molecule has 1 amide bonds. The van der Waals surface area contributed by atoms with Gasteiger partial charge in [-0.2, -0.15) is 10.1 Å². The third-order valence-corrected chi connectivity index (χ3v) is 6.85. The largest absolute Gasteiger partial charge is 0.461 e. The summed E-state index contributed by atoms with van der Waals surface area (Å²) in [5, 5.41) is 11.3. The first-order valence-electron chi connectivity index (χ1n) is 10.1. The van der Waals surface area contributed by atoms with Crippen LogP contribution >= 0.6 is 0 Å². The van der Waals surface area contributed by atoms with Gasteiger partial charge in [0, 0.05) is 24.3 Å². The predicted molar refractivity (Wildman–Crippen MR) is 112 cm³/mol. The van der Waals surface area contributed by atoms with Crippen molar-refractivity contribution < 1.29 is 22.2 Å². The molecule has 1 aliphatic heterocycles. The summed E-state index contributed by atoms with van der Waals surface area (Å²) in [6.45, 7) is 6.05. The van der Waals surface area contributed by atoms with Crippen LogP contribution in [0.1, 0.15) is 51.2 Å². The Labute approximate surface area is 179 Å². The number of amides is 1. The summed E-state index contributed by atoms with van der Waals surface area (Å²) in [4.78, 5) is 16.8. The predicted octanol–water partition coefficient (Wildman–Crippen LogP) is 2.75. The Morgan fingerprint density at radius 3 is 2.81 bits per heavy atom. The van der Waals surface area contributed by atoms with Gasteiger partial charge in [-0.1, -0.05) is 25.9 Å². The first-order chi connectivity index (χ1) is 14.6. The molecule has 10 nitrogen and oxygen atoms in total. The number of furan rings is 1. The average molecular weight is 448 g/mol. The smallest absolute Gasteiger partial charge is 0.238 e. The van der Waals surface area contributed by atoms with Gasteiger partial charge in [-0.05, 0) is 18.6 Å². The van der Waals surface area contributed by atoms with Crippen molar-refractivity contribution in [2.45, 2.75) is 51.5 Å². The molecule has 0 aromatic carbocycles. The zero-order valence-corrected chi connectivity index (χ0v) is 18.5. The van der Waals surface area contributed by atoms with Gasteiger partial charge in [-0.15, -0.1) is 0 Å². The Kier molecular flexibility index (Phi) is 5.46. The molecule has 4 heterocycles. The van der Waals surface area contributed by atoms with Crippen LogP contribution in [0.4, 0.5) is 5.82 Å². The van der Waals surface area contributed by atoms with Crippen molar-refractivity contribution in [3.8, 4) is 11.6 Å². The summed E-state index contributed by atoms with van der Waals surface area (Å²) >= 11 is 0. The number of sulfone groups is 1. The van der Waals surface area contributed by atoms with Gasteiger partial charge in [-0.3, -0.25) is 4.79 Å². The zero-order chi connectivity index (χ0) is 22.2. The summed E-state index contributed by atoms with van der Waals surface area (Å²) < 4.78 is 35.9. The van der Waals surface area contributed by atoms with E-state index >= 15 is 0 Å². The highest BCUT2D eigenvalue weighted by Crippen LogP contribution is 2.31. The second-order valence-corrected chi connectivity index (χ2v) is 10.9. The Morgan fingerprint density at radius 1 is 1.35 bits per heavy atom. The van der Waals surface area contributed by atoms with Gasteiger partial charge in [0.15, 0.2) is 15.6 Å². The van der Waals surface area contributed by atoms with Crippen LogP contribution in [0.5, 0.6) is 0 Å². The topological polar surface area (TPSA) is 133 Å². The van der Waals surface area contributed by atoms with E-state index in [2.05, 4.69) is 20.6 Å². The molecular weight excluding hydrogens is 422 g/mol. The van der Waals surface area contributed by atoms with Crippen LogP contribution in [0.3, 0.4) is 0 Å². The minimum absolute atomic E-state index is 0.0265. The molecule has 1 saturated heterocycles. The number of hydrogen-bond acceptors (Lipinski definition) is 8. The van der Waals surface area contributed by atoms with Crippen molar-refractivity contribution in [3.63, 3.8) is 0 Å². The first kappa shape index (κ1) is 21.3. The maximum atomic E-state index is 12.6. The van der Waals surface area contributed by atoms with Gasteiger partial charge < -0.3 is 14.3 Å². The van der Waals surface area contributed by atoms with Gasteiger partial charge in [0.1, 0.15) is 5.82 Å². The minimum atomic E-state index is -3.09. The molecule has 1 aliphatic rings. The monoisotopic (exact) mass is 447 g/mol. The zero-order valence-electron chi connectivity index (χ0n) is 17.7. The summed E-state index contributed by atoms with van der Waals surface area (Å²) in [6.07, 6.45) is 2.38. The number of carbonyl (C=O) groups excluding carboxylic acids is 1. The van der Waals surface area contributed by atoms with E-state index in [1.165, 1.54) is 6.26 Å². The van der Waals surface area contributed by atoms with Gasteiger partial charge in [-0.25, -0.2) is 13.1 Å². The third-order valence-electron chi connectivity index (χ3n) is 5.10. The number of nitrogens with zero attached hydrogens (tertiary/aromatic N) is 4.